The maximum Gasteiger partial charge on any atom is 0.164 e. The van der Waals surface area contributed by atoms with Gasteiger partial charge < -0.3 is 14.9 Å². The number of ketones is 2. The van der Waals surface area contributed by atoms with Crippen LogP contribution in [0.2, 0.25) is 0 Å². The van der Waals surface area contributed by atoms with Crippen LogP contribution >= 0.6 is 0 Å². The van der Waals surface area contributed by atoms with Gasteiger partial charge in [-0.2, -0.15) is 0 Å². The minimum absolute atomic E-state index is 0.0273. The quantitative estimate of drug-likeness (QED) is 0.671. The Morgan fingerprint density at radius 1 is 1.10 bits per heavy atom. The van der Waals surface area contributed by atoms with E-state index in [4.69, 9.17) is 4.74 Å². The zero-order valence-corrected chi connectivity index (χ0v) is 19.0. The van der Waals surface area contributed by atoms with E-state index in [1.54, 1.807) is 6.08 Å². The summed E-state index contributed by atoms with van der Waals surface area (Å²) in [5, 5.41) is 22.7. The number of hydrogen-bond donors (Lipinski definition) is 2. The molecule has 0 radical (unpaired) electrons. The molecular formula is C26H34O5. The van der Waals surface area contributed by atoms with Gasteiger partial charge in [-0.1, -0.05) is 25.5 Å². The van der Waals surface area contributed by atoms with E-state index in [0.717, 1.165) is 36.8 Å². The van der Waals surface area contributed by atoms with Gasteiger partial charge in [-0.25, -0.2) is 0 Å². The van der Waals surface area contributed by atoms with Crippen molar-refractivity contribution in [1.82, 2.24) is 0 Å². The maximum atomic E-state index is 13.4. The van der Waals surface area contributed by atoms with E-state index < -0.39 is 29.1 Å². The minimum atomic E-state index is -1.21. The lowest BCUT2D eigenvalue weighted by Gasteiger charge is -2.54. The molecule has 6 atom stereocenters. The van der Waals surface area contributed by atoms with E-state index in [-0.39, 0.29) is 17.3 Å². The second-order valence-corrected chi connectivity index (χ2v) is 11.0. The van der Waals surface area contributed by atoms with Gasteiger partial charge in [0, 0.05) is 18.3 Å². The van der Waals surface area contributed by atoms with Gasteiger partial charge >= 0.3 is 0 Å². The molecule has 2 unspecified atom stereocenters. The predicted octanol–water partition coefficient (Wildman–Crippen LogP) is 3.79. The molecule has 0 bridgehead atoms. The number of aliphatic hydroxyl groups is 2. The lowest BCUT2D eigenvalue weighted by atomic mass is 9.50. The summed E-state index contributed by atoms with van der Waals surface area (Å²) in [6, 6.07) is 0. The molecule has 1 spiro atoms. The summed E-state index contributed by atoms with van der Waals surface area (Å²) in [6.07, 6.45) is 6.39. The van der Waals surface area contributed by atoms with Crippen LogP contribution in [0.5, 0.6) is 0 Å². The number of carbonyl (C=O) groups is 2. The number of hydrogen-bond acceptors (Lipinski definition) is 5. The van der Waals surface area contributed by atoms with Gasteiger partial charge in [-0.3, -0.25) is 9.59 Å². The first-order chi connectivity index (χ1) is 14.5. The van der Waals surface area contributed by atoms with Gasteiger partial charge in [0.1, 0.15) is 5.78 Å². The Balaban J connectivity index is 1.73. The van der Waals surface area contributed by atoms with Gasteiger partial charge in [0.15, 0.2) is 12.1 Å². The third-order valence-electron chi connectivity index (χ3n) is 9.19. The van der Waals surface area contributed by atoms with E-state index in [0.29, 0.717) is 30.6 Å². The average Bonchev–Trinajstić information content (AvgIpc) is 3.13. The highest BCUT2D eigenvalue weighted by Crippen LogP contribution is 2.70. The fraction of sp³-hybridized carbons (Fsp3) is 0.692. The molecule has 168 valence electrons. The maximum absolute atomic E-state index is 13.4. The molecule has 0 aromatic rings. The summed E-state index contributed by atoms with van der Waals surface area (Å²) in [7, 11) is 0. The van der Waals surface area contributed by atoms with E-state index in [1.807, 2.05) is 13.8 Å². The molecule has 0 aliphatic heterocycles. The van der Waals surface area contributed by atoms with E-state index in [1.165, 1.54) is 5.57 Å². The molecule has 0 heterocycles. The average molecular weight is 427 g/mol. The zero-order chi connectivity index (χ0) is 22.3. The van der Waals surface area contributed by atoms with Gasteiger partial charge in [0.2, 0.25) is 0 Å². The fourth-order valence-corrected chi connectivity index (χ4v) is 7.56. The van der Waals surface area contributed by atoms with Crippen molar-refractivity contribution < 1.29 is 24.5 Å². The van der Waals surface area contributed by atoms with E-state index >= 15 is 0 Å². The molecule has 5 aliphatic carbocycles. The van der Waals surface area contributed by atoms with Crippen LogP contribution in [0.3, 0.4) is 0 Å². The summed E-state index contributed by atoms with van der Waals surface area (Å²) in [6.45, 7) is 8.07. The van der Waals surface area contributed by atoms with Crippen LogP contribution in [-0.4, -0.2) is 40.3 Å². The predicted molar refractivity (Wildman–Crippen MR) is 116 cm³/mol. The van der Waals surface area contributed by atoms with Crippen molar-refractivity contribution in [1.29, 1.82) is 0 Å². The molecule has 5 aliphatic rings. The number of allylic oxidation sites excluding steroid dienone is 4. The van der Waals surface area contributed by atoms with Crippen molar-refractivity contribution in [2.75, 3.05) is 0 Å². The second-order valence-electron chi connectivity index (χ2n) is 11.0. The molecule has 5 heteroatoms. The molecule has 0 aromatic heterocycles. The number of fused-ring (bicyclic) bond motifs is 3. The SMILES string of the molecule is CC(C)OC(O)[C@H]1C2=C(CC[C@@]34C(=O)CC[C@]3(C)CC=C24)C2(C)CCC(=O)C=C2[C@@H]1O. The molecule has 5 nitrogen and oxygen atoms in total. The molecule has 1 saturated carbocycles. The van der Waals surface area contributed by atoms with Crippen molar-refractivity contribution >= 4 is 11.6 Å². The summed E-state index contributed by atoms with van der Waals surface area (Å²) in [5.74, 6) is -0.357. The first-order valence-corrected chi connectivity index (χ1v) is 11.8. The molecule has 0 aromatic carbocycles. The number of carbonyl (C=O) groups excluding carboxylic acids is 2. The van der Waals surface area contributed by atoms with Crippen LogP contribution in [0.25, 0.3) is 0 Å². The molecule has 0 amide bonds. The lowest BCUT2D eigenvalue weighted by Crippen LogP contribution is -2.52. The van der Waals surface area contributed by atoms with Gasteiger partial charge in [0.05, 0.1) is 23.5 Å². The van der Waals surface area contributed by atoms with E-state index in [9.17, 15) is 19.8 Å². The molecule has 2 N–H and O–H groups in total. The van der Waals surface area contributed by atoms with Crippen LogP contribution in [0.1, 0.15) is 72.6 Å². The normalized spacial score (nSPS) is 42.7. The topological polar surface area (TPSA) is 83.8 Å². The Bertz CT molecular complexity index is 955. The summed E-state index contributed by atoms with van der Waals surface area (Å²) in [4.78, 5) is 25.6. The number of aliphatic hydroxyl groups excluding tert-OH is 2. The minimum Gasteiger partial charge on any atom is -0.388 e. The summed E-state index contributed by atoms with van der Waals surface area (Å²) >= 11 is 0. The zero-order valence-electron chi connectivity index (χ0n) is 19.0. The number of Topliss-reactive ketones (excluding diaryl/α,β-unsaturated/α-hetero) is 1. The Kier molecular flexibility index (Phi) is 4.62. The smallest absolute Gasteiger partial charge is 0.164 e. The lowest BCUT2D eigenvalue weighted by molar-refractivity contribution is -0.168. The first-order valence-electron chi connectivity index (χ1n) is 11.8. The van der Waals surface area contributed by atoms with Gasteiger partial charge in [-0.15, -0.1) is 0 Å². The second kappa shape index (κ2) is 6.72. The third-order valence-corrected chi connectivity index (χ3v) is 9.19. The largest absolute Gasteiger partial charge is 0.388 e. The van der Waals surface area contributed by atoms with Crippen molar-refractivity contribution in [2.24, 2.45) is 22.2 Å². The van der Waals surface area contributed by atoms with Crippen molar-refractivity contribution in [3.63, 3.8) is 0 Å². The first kappa shape index (κ1) is 21.3. The molecule has 31 heavy (non-hydrogen) atoms. The standard InChI is InChI=1S/C26H34O5/c1-14(2)31-23(30)21-20-16(25(4)11-5-15(27)13-18(25)22(21)29)7-12-26-17(20)6-9-24(26,3)10-8-19(26)28/h6,13-14,21-23,29-30H,5,7-12H2,1-4H3/t21-,22-,23?,24-,25?,26+/m0/s1. The Morgan fingerprint density at radius 3 is 2.55 bits per heavy atom. The summed E-state index contributed by atoms with van der Waals surface area (Å²) < 4.78 is 5.80. The highest BCUT2D eigenvalue weighted by Gasteiger charge is 2.66. The Hall–Kier alpha value is -1.56. The molecular weight excluding hydrogens is 392 g/mol. The number of rotatable bonds is 3. The van der Waals surface area contributed by atoms with Crippen LogP contribution < -0.4 is 0 Å². The molecule has 5 rings (SSSR count). The summed E-state index contributed by atoms with van der Waals surface area (Å²) in [5.41, 5.74) is 2.86. The van der Waals surface area contributed by atoms with Crippen LogP contribution in [0.15, 0.2) is 34.4 Å². The number of ether oxygens (including phenoxy) is 1. The molecule has 1 fully saturated rings. The van der Waals surface area contributed by atoms with Crippen LogP contribution in [-0.2, 0) is 14.3 Å². The van der Waals surface area contributed by atoms with Gasteiger partial charge in [0.25, 0.3) is 0 Å². The monoisotopic (exact) mass is 426 g/mol. The van der Waals surface area contributed by atoms with E-state index in [2.05, 4.69) is 19.9 Å². The van der Waals surface area contributed by atoms with Crippen molar-refractivity contribution in [3.8, 4) is 0 Å². The van der Waals surface area contributed by atoms with Crippen LogP contribution in [0.4, 0.5) is 0 Å². The van der Waals surface area contributed by atoms with Crippen LogP contribution in [0, 0.1) is 22.2 Å². The third kappa shape index (κ3) is 2.60. The highest BCUT2D eigenvalue weighted by molar-refractivity contribution is 5.95. The van der Waals surface area contributed by atoms with Gasteiger partial charge in [-0.05, 0) is 74.2 Å². The highest BCUT2D eigenvalue weighted by atomic mass is 16.6. The fourth-order valence-electron chi connectivity index (χ4n) is 7.56. The van der Waals surface area contributed by atoms with Crippen molar-refractivity contribution in [3.05, 3.63) is 34.4 Å². The van der Waals surface area contributed by atoms with Crippen molar-refractivity contribution in [2.45, 2.75) is 91.1 Å². The Morgan fingerprint density at radius 2 is 1.84 bits per heavy atom. The molecule has 0 saturated heterocycles. The Labute approximate surface area is 184 Å².